The maximum Gasteiger partial charge on any atom is 0.351 e. The predicted molar refractivity (Wildman–Crippen MR) is 64.4 cm³/mol. The highest BCUT2D eigenvalue weighted by Crippen LogP contribution is 2.27. The second-order valence-electron chi connectivity index (χ2n) is 4.33. The van der Waals surface area contributed by atoms with Crippen molar-refractivity contribution in [3.05, 3.63) is 22.2 Å². The van der Waals surface area contributed by atoms with E-state index in [-0.39, 0.29) is 13.0 Å². The number of aliphatic hydroxyl groups is 2. The molecule has 1 aromatic rings. The van der Waals surface area contributed by atoms with E-state index in [9.17, 15) is 9.90 Å². The van der Waals surface area contributed by atoms with E-state index in [2.05, 4.69) is 10.3 Å². The number of hydrogen-bond donors (Lipinski definition) is 3. The van der Waals surface area contributed by atoms with Crippen LogP contribution in [0.3, 0.4) is 0 Å². The standard InChI is InChI=1S/C11H17N3O4/c1-6-4-14(11(17)13-10(6)12-2)9-3-7(16)8(5-15)18-9/h4,7-9,15-16H,3,5H2,1-2H3,(H,12,13,17). The van der Waals surface area contributed by atoms with Crippen molar-refractivity contribution in [1.82, 2.24) is 9.55 Å². The summed E-state index contributed by atoms with van der Waals surface area (Å²) in [7, 11) is 1.69. The number of aromatic nitrogens is 2. The zero-order valence-corrected chi connectivity index (χ0v) is 10.3. The molecule has 0 amide bonds. The van der Waals surface area contributed by atoms with E-state index in [1.807, 2.05) is 6.92 Å². The van der Waals surface area contributed by atoms with Gasteiger partial charge in [0.25, 0.3) is 0 Å². The number of nitrogens with zero attached hydrogens (tertiary/aromatic N) is 2. The number of rotatable bonds is 3. The number of aryl methyl sites for hydroxylation is 1. The van der Waals surface area contributed by atoms with E-state index in [4.69, 9.17) is 9.84 Å². The molecule has 100 valence electrons. The highest BCUT2D eigenvalue weighted by molar-refractivity contribution is 5.40. The van der Waals surface area contributed by atoms with Crippen LogP contribution in [0.2, 0.25) is 0 Å². The summed E-state index contributed by atoms with van der Waals surface area (Å²) in [6.07, 6.45) is -0.0900. The molecule has 0 saturated carbocycles. The topological polar surface area (TPSA) is 96.6 Å². The molecule has 7 nitrogen and oxygen atoms in total. The number of nitrogens with one attached hydrogen (secondary N) is 1. The number of aliphatic hydroxyl groups excluding tert-OH is 2. The van der Waals surface area contributed by atoms with Crippen molar-refractivity contribution in [1.29, 1.82) is 0 Å². The van der Waals surface area contributed by atoms with Gasteiger partial charge in [-0.15, -0.1) is 0 Å². The zero-order chi connectivity index (χ0) is 13.3. The van der Waals surface area contributed by atoms with Gasteiger partial charge in [0, 0.05) is 25.2 Å². The highest BCUT2D eigenvalue weighted by atomic mass is 16.5. The van der Waals surface area contributed by atoms with Gasteiger partial charge < -0.3 is 20.3 Å². The third-order valence-corrected chi connectivity index (χ3v) is 3.07. The number of anilines is 1. The summed E-state index contributed by atoms with van der Waals surface area (Å²) in [6, 6.07) is 0. The number of hydrogen-bond acceptors (Lipinski definition) is 6. The number of ether oxygens (including phenoxy) is 1. The van der Waals surface area contributed by atoms with Crippen LogP contribution in [-0.2, 0) is 4.74 Å². The van der Waals surface area contributed by atoms with Crippen molar-refractivity contribution in [3.63, 3.8) is 0 Å². The minimum absolute atomic E-state index is 0.269. The average Bonchev–Trinajstić information content (AvgIpc) is 2.72. The van der Waals surface area contributed by atoms with Gasteiger partial charge in [-0.1, -0.05) is 0 Å². The molecule has 1 aliphatic rings. The fraction of sp³-hybridized carbons (Fsp3) is 0.636. The Morgan fingerprint density at radius 1 is 1.67 bits per heavy atom. The molecular weight excluding hydrogens is 238 g/mol. The third kappa shape index (κ3) is 2.24. The van der Waals surface area contributed by atoms with Crippen LogP contribution in [0, 0.1) is 6.92 Å². The van der Waals surface area contributed by atoms with Gasteiger partial charge >= 0.3 is 5.69 Å². The van der Waals surface area contributed by atoms with Crippen LogP contribution in [0.4, 0.5) is 5.82 Å². The Hall–Kier alpha value is -1.44. The quantitative estimate of drug-likeness (QED) is 0.656. The van der Waals surface area contributed by atoms with Crippen LogP contribution in [-0.4, -0.2) is 45.6 Å². The minimum atomic E-state index is -0.767. The maximum absolute atomic E-state index is 11.8. The largest absolute Gasteiger partial charge is 0.394 e. The Morgan fingerprint density at radius 2 is 2.39 bits per heavy atom. The molecule has 3 N–H and O–H groups in total. The molecule has 2 heterocycles. The molecule has 3 atom stereocenters. The monoisotopic (exact) mass is 255 g/mol. The van der Waals surface area contributed by atoms with E-state index >= 15 is 0 Å². The smallest absolute Gasteiger partial charge is 0.351 e. The Labute approximate surface area is 104 Å². The summed E-state index contributed by atoms with van der Waals surface area (Å²) >= 11 is 0. The van der Waals surface area contributed by atoms with Gasteiger partial charge in [0.05, 0.1) is 12.7 Å². The molecule has 1 aromatic heterocycles. The Morgan fingerprint density at radius 3 is 2.94 bits per heavy atom. The van der Waals surface area contributed by atoms with Crippen LogP contribution in [0.1, 0.15) is 18.2 Å². The molecule has 0 spiro atoms. The van der Waals surface area contributed by atoms with Gasteiger partial charge in [-0.25, -0.2) is 4.79 Å². The van der Waals surface area contributed by atoms with E-state index in [1.165, 1.54) is 4.57 Å². The maximum atomic E-state index is 11.8. The molecule has 18 heavy (non-hydrogen) atoms. The van der Waals surface area contributed by atoms with Crippen LogP contribution in [0.25, 0.3) is 0 Å². The fourth-order valence-electron chi connectivity index (χ4n) is 2.08. The molecule has 0 aliphatic carbocycles. The summed E-state index contributed by atoms with van der Waals surface area (Å²) in [4.78, 5) is 15.7. The summed E-state index contributed by atoms with van der Waals surface area (Å²) < 4.78 is 6.76. The summed E-state index contributed by atoms with van der Waals surface area (Å²) in [5.41, 5.74) is 0.364. The molecule has 7 heteroatoms. The summed E-state index contributed by atoms with van der Waals surface area (Å²) in [5.74, 6) is 0.522. The molecular formula is C11H17N3O4. The first-order valence-corrected chi connectivity index (χ1v) is 5.78. The lowest BCUT2D eigenvalue weighted by Gasteiger charge is -2.15. The lowest BCUT2D eigenvalue weighted by molar-refractivity contribution is -0.0459. The van der Waals surface area contributed by atoms with Crippen molar-refractivity contribution in [2.45, 2.75) is 31.8 Å². The van der Waals surface area contributed by atoms with Gasteiger partial charge in [0.15, 0.2) is 0 Å². The van der Waals surface area contributed by atoms with Crippen molar-refractivity contribution in [2.75, 3.05) is 19.0 Å². The second kappa shape index (κ2) is 5.05. The fourth-order valence-corrected chi connectivity index (χ4v) is 2.08. The first-order chi connectivity index (χ1) is 8.56. The lowest BCUT2D eigenvalue weighted by Crippen LogP contribution is -2.28. The third-order valence-electron chi connectivity index (χ3n) is 3.07. The van der Waals surface area contributed by atoms with Gasteiger partial charge in [0.1, 0.15) is 18.1 Å². The minimum Gasteiger partial charge on any atom is -0.394 e. The molecule has 1 fully saturated rings. The van der Waals surface area contributed by atoms with E-state index in [0.29, 0.717) is 5.82 Å². The zero-order valence-electron chi connectivity index (χ0n) is 10.3. The molecule has 1 aliphatic heterocycles. The van der Waals surface area contributed by atoms with Crippen LogP contribution < -0.4 is 11.0 Å². The molecule has 1 saturated heterocycles. The molecule has 0 radical (unpaired) electrons. The van der Waals surface area contributed by atoms with E-state index in [1.54, 1.807) is 13.2 Å². The van der Waals surface area contributed by atoms with Crippen molar-refractivity contribution in [3.8, 4) is 0 Å². The van der Waals surface area contributed by atoms with E-state index < -0.39 is 24.1 Å². The molecule has 0 bridgehead atoms. The van der Waals surface area contributed by atoms with Crippen LogP contribution in [0.15, 0.2) is 11.0 Å². The van der Waals surface area contributed by atoms with Gasteiger partial charge in [-0.2, -0.15) is 4.98 Å². The van der Waals surface area contributed by atoms with Gasteiger partial charge in [0.2, 0.25) is 0 Å². The Bertz CT molecular complexity index is 488. The predicted octanol–water partition coefficient (Wildman–Crippen LogP) is -0.766. The molecule has 3 unspecified atom stereocenters. The summed E-state index contributed by atoms with van der Waals surface area (Å²) in [6.45, 7) is 1.55. The SMILES string of the molecule is CNc1nc(=O)n(C2CC(O)C(CO)O2)cc1C. The average molecular weight is 255 g/mol. The van der Waals surface area contributed by atoms with Gasteiger partial charge in [-0.3, -0.25) is 4.57 Å². The van der Waals surface area contributed by atoms with Crippen LogP contribution >= 0.6 is 0 Å². The van der Waals surface area contributed by atoms with Crippen molar-refractivity contribution in [2.24, 2.45) is 0 Å². The molecule has 0 aromatic carbocycles. The normalized spacial score (nSPS) is 27.4. The Kier molecular flexibility index (Phi) is 3.65. The second-order valence-corrected chi connectivity index (χ2v) is 4.33. The van der Waals surface area contributed by atoms with Crippen molar-refractivity contribution < 1.29 is 14.9 Å². The summed E-state index contributed by atoms with van der Waals surface area (Å²) in [5, 5.41) is 21.5. The highest BCUT2D eigenvalue weighted by Gasteiger charge is 2.35. The first kappa shape index (κ1) is 13.0. The van der Waals surface area contributed by atoms with Crippen molar-refractivity contribution >= 4 is 5.82 Å². The van der Waals surface area contributed by atoms with Gasteiger partial charge in [-0.05, 0) is 6.92 Å². The molecule has 2 rings (SSSR count). The lowest BCUT2D eigenvalue weighted by atomic mass is 10.2. The van der Waals surface area contributed by atoms with E-state index in [0.717, 1.165) is 5.56 Å². The van der Waals surface area contributed by atoms with Crippen LogP contribution in [0.5, 0.6) is 0 Å². The Balaban J connectivity index is 2.30. The first-order valence-electron chi connectivity index (χ1n) is 5.78.